The summed E-state index contributed by atoms with van der Waals surface area (Å²) in [7, 11) is 1.91. The lowest BCUT2D eigenvalue weighted by atomic mass is 9.78. The van der Waals surface area contributed by atoms with E-state index in [9.17, 15) is 8.78 Å². The van der Waals surface area contributed by atoms with E-state index in [-0.39, 0.29) is 6.04 Å². The lowest BCUT2D eigenvalue weighted by Crippen LogP contribution is -2.45. The van der Waals surface area contributed by atoms with E-state index in [2.05, 4.69) is 17.6 Å². The van der Waals surface area contributed by atoms with Crippen LogP contribution in [-0.2, 0) is 11.2 Å². The minimum atomic E-state index is -0.643. The number of carbonyl (C=O) groups excluding carboxylic acids is 1. The van der Waals surface area contributed by atoms with E-state index < -0.39 is 11.6 Å². The van der Waals surface area contributed by atoms with Crippen LogP contribution in [0, 0.1) is 17.6 Å². The molecule has 1 aliphatic rings. The molecule has 0 radical (unpaired) electrons. The minimum Gasteiger partial charge on any atom is -0.330 e. The molecule has 29 heavy (non-hydrogen) atoms. The second-order valence-electron chi connectivity index (χ2n) is 6.97. The number of rotatable bonds is 5. The molecule has 0 saturated carbocycles. The van der Waals surface area contributed by atoms with Gasteiger partial charge in [-0.3, -0.25) is 0 Å². The molecule has 2 unspecified atom stereocenters. The van der Waals surface area contributed by atoms with Gasteiger partial charge in [0.2, 0.25) is 0 Å². The van der Waals surface area contributed by atoms with Gasteiger partial charge in [0.05, 0.1) is 6.04 Å². The number of fused-ring (bicyclic) bond motifs is 1. The molecular formula is C22H27F2N3OS. The predicted octanol–water partition coefficient (Wildman–Crippen LogP) is 3.93. The number of hydrogen-bond donors (Lipinski definition) is 2. The third-order valence-corrected chi connectivity index (χ3v) is 5.29. The molecule has 3 N–H and O–H groups in total. The zero-order valence-corrected chi connectivity index (χ0v) is 17.5. The largest absolute Gasteiger partial charge is 0.330 e. The Kier molecular flexibility index (Phi) is 8.82. The van der Waals surface area contributed by atoms with Crippen molar-refractivity contribution in [3.8, 4) is 0 Å². The lowest BCUT2D eigenvalue weighted by molar-refractivity contribution is -0.106. The summed E-state index contributed by atoms with van der Waals surface area (Å²) in [6, 6.07) is 11.8. The van der Waals surface area contributed by atoms with Gasteiger partial charge in [0.15, 0.2) is 0 Å². The third-order valence-electron chi connectivity index (χ3n) is 4.96. The molecule has 4 nitrogen and oxygen atoms in total. The highest BCUT2D eigenvalue weighted by atomic mass is 32.1. The Bertz CT molecular complexity index is 826. The molecular weight excluding hydrogens is 392 g/mol. The Morgan fingerprint density at radius 1 is 1.28 bits per heavy atom. The molecule has 0 aromatic heterocycles. The van der Waals surface area contributed by atoms with Gasteiger partial charge in [0.1, 0.15) is 22.9 Å². The first-order chi connectivity index (χ1) is 13.9. The first kappa shape index (κ1) is 23.1. The van der Waals surface area contributed by atoms with Crippen LogP contribution in [0.1, 0.15) is 42.5 Å². The highest BCUT2D eigenvalue weighted by molar-refractivity contribution is 7.80. The van der Waals surface area contributed by atoms with E-state index >= 15 is 0 Å². The fourth-order valence-corrected chi connectivity index (χ4v) is 4.09. The van der Waals surface area contributed by atoms with Crippen LogP contribution >= 0.6 is 12.2 Å². The number of benzene rings is 2. The number of carbonyl (C=O) groups is 1. The van der Waals surface area contributed by atoms with E-state index in [1.165, 1.54) is 30.2 Å². The molecule has 0 bridgehead atoms. The molecule has 0 fully saturated rings. The molecule has 2 aromatic rings. The van der Waals surface area contributed by atoms with Gasteiger partial charge >= 0.3 is 0 Å². The Labute approximate surface area is 176 Å². The first-order valence-electron chi connectivity index (χ1n) is 9.58. The Balaban J connectivity index is 0.000000941. The number of aldehydes is 1. The van der Waals surface area contributed by atoms with E-state index in [4.69, 9.17) is 22.7 Å². The van der Waals surface area contributed by atoms with Crippen molar-refractivity contribution in [1.82, 2.24) is 10.4 Å². The van der Waals surface area contributed by atoms with Gasteiger partial charge in [-0.2, -0.15) is 0 Å². The molecule has 0 saturated heterocycles. The van der Waals surface area contributed by atoms with Gasteiger partial charge in [-0.1, -0.05) is 36.5 Å². The average molecular weight is 420 g/mol. The highest BCUT2D eigenvalue weighted by Gasteiger charge is 2.32. The number of hydrazine groups is 1. The fraction of sp³-hybridized carbons (Fsp3) is 0.364. The van der Waals surface area contributed by atoms with E-state index in [0.29, 0.717) is 23.0 Å². The monoisotopic (exact) mass is 419 g/mol. The van der Waals surface area contributed by atoms with Crippen molar-refractivity contribution in [2.24, 2.45) is 11.7 Å². The van der Waals surface area contributed by atoms with Gasteiger partial charge in [-0.15, -0.1) is 0 Å². The number of hydrogen-bond acceptors (Lipinski definition) is 4. The number of nitrogens with zero attached hydrogens (tertiary/aromatic N) is 1. The van der Waals surface area contributed by atoms with Crippen molar-refractivity contribution in [3.63, 3.8) is 0 Å². The molecule has 0 aliphatic heterocycles. The van der Waals surface area contributed by atoms with Crippen molar-refractivity contribution in [2.75, 3.05) is 13.6 Å². The predicted molar refractivity (Wildman–Crippen MR) is 115 cm³/mol. The van der Waals surface area contributed by atoms with Gasteiger partial charge in [-0.25, -0.2) is 13.8 Å². The Morgan fingerprint density at radius 3 is 2.52 bits per heavy atom. The molecule has 7 heteroatoms. The maximum atomic E-state index is 13.5. The van der Waals surface area contributed by atoms with Crippen LogP contribution in [0.2, 0.25) is 0 Å². The number of thiocarbonyl (C=S) groups is 1. The first-order valence-corrected chi connectivity index (χ1v) is 9.99. The maximum absolute atomic E-state index is 13.5. The Morgan fingerprint density at radius 2 is 1.90 bits per heavy atom. The lowest BCUT2D eigenvalue weighted by Gasteiger charge is -2.40. The standard InChI is InChI=1S/C20H23F2N3S.C2H4O/c1-25(24-20(26)15-10-16(21)12-17(22)11-15)19-14(8-9-23)7-6-13-4-2-3-5-18(13)19;1-2-3/h2-5,10-12,14,19H,6-9,23H2,1H3,(H,24,26);2H,1H3. The molecule has 3 rings (SSSR count). The third kappa shape index (κ3) is 6.13. The highest BCUT2D eigenvalue weighted by Crippen LogP contribution is 2.39. The summed E-state index contributed by atoms with van der Waals surface area (Å²) in [5.41, 5.74) is 11.9. The van der Waals surface area contributed by atoms with E-state index in [1.54, 1.807) is 0 Å². The van der Waals surface area contributed by atoms with E-state index in [0.717, 1.165) is 31.6 Å². The van der Waals surface area contributed by atoms with Crippen molar-refractivity contribution >= 4 is 23.5 Å². The molecule has 0 heterocycles. The van der Waals surface area contributed by atoms with Crippen LogP contribution in [0.4, 0.5) is 8.78 Å². The van der Waals surface area contributed by atoms with Gasteiger partial charge in [0.25, 0.3) is 0 Å². The van der Waals surface area contributed by atoms with Crippen LogP contribution in [0.25, 0.3) is 0 Å². The second-order valence-corrected chi connectivity index (χ2v) is 7.37. The SMILES string of the molecule is CC=O.CN(NC(=S)c1cc(F)cc(F)c1)C1c2ccccc2CCC1CCN. The van der Waals surface area contributed by atoms with E-state index in [1.807, 2.05) is 24.2 Å². The summed E-state index contributed by atoms with van der Waals surface area (Å²) in [5, 5.41) is 1.95. The summed E-state index contributed by atoms with van der Waals surface area (Å²) in [4.78, 5) is 9.10. The maximum Gasteiger partial charge on any atom is 0.126 e. The normalized spacial score (nSPS) is 17.7. The molecule has 1 aliphatic carbocycles. The molecule has 2 aromatic carbocycles. The van der Waals surface area contributed by atoms with Gasteiger partial charge in [-0.05, 0) is 61.9 Å². The Hall–Kier alpha value is -2.22. The van der Waals surface area contributed by atoms with Crippen molar-refractivity contribution in [1.29, 1.82) is 0 Å². The second kappa shape index (κ2) is 11.1. The number of nitrogens with two attached hydrogens (primary N) is 1. The summed E-state index contributed by atoms with van der Waals surface area (Å²) in [5.74, 6) is -0.897. The summed E-state index contributed by atoms with van der Waals surface area (Å²) in [6.45, 7) is 2.07. The van der Waals surface area contributed by atoms with Gasteiger partial charge < -0.3 is 16.0 Å². The van der Waals surface area contributed by atoms with Crippen molar-refractivity contribution in [3.05, 3.63) is 70.8 Å². The smallest absolute Gasteiger partial charge is 0.126 e. The van der Waals surface area contributed by atoms with Crippen molar-refractivity contribution < 1.29 is 13.6 Å². The van der Waals surface area contributed by atoms with Crippen LogP contribution in [0.3, 0.4) is 0 Å². The molecule has 0 amide bonds. The molecule has 0 spiro atoms. The fourth-order valence-electron chi connectivity index (χ4n) is 3.82. The summed E-state index contributed by atoms with van der Waals surface area (Å²) in [6.07, 6.45) is 3.74. The van der Waals surface area contributed by atoms with Crippen LogP contribution in [0.5, 0.6) is 0 Å². The van der Waals surface area contributed by atoms with Crippen LogP contribution in [0.15, 0.2) is 42.5 Å². The zero-order valence-electron chi connectivity index (χ0n) is 16.7. The quantitative estimate of drug-likeness (QED) is 0.437. The van der Waals surface area contributed by atoms with Crippen LogP contribution < -0.4 is 11.2 Å². The average Bonchev–Trinajstić information content (AvgIpc) is 2.67. The van der Waals surface area contributed by atoms with Crippen molar-refractivity contribution in [2.45, 2.75) is 32.2 Å². The summed E-state index contributed by atoms with van der Waals surface area (Å²) < 4.78 is 27.0. The molecule has 156 valence electrons. The zero-order chi connectivity index (χ0) is 21.4. The number of nitrogens with one attached hydrogen (secondary N) is 1. The van der Waals surface area contributed by atoms with Crippen LogP contribution in [-0.4, -0.2) is 29.9 Å². The van der Waals surface area contributed by atoms with Gasteiger partial charge in [0, 0.05) is 18.7 Å². The molecule has 2 atom stereocenters. The number of halogens is 2. The topological polar surface area (TPSA) is 58.4 Å². The minimum absolute atomic E-state index is 0.0971. The number of aryl methyl sites for hydroxylation is 1. The summed E-state index contributed by atoms with van der Waals surface area (Å²) >= 11 is 5.38.